The van der Waals surface area contributed by atoms with Crippen molar-refractivity contribution >= 4 is 21.7 Å². The molecule has 98 valence electrons. The summed E-state index contributed by atoms with van der Waals surface area (Å²) >= 11 is 3.48. The molecule has 0 amide bonds. The Bertz CT molecular complexity index is 435. The molecule has 3 rings (SSSR count). The Labute approximate surface area is 117 Å². The average Bonchev–Trinajstić information content (AvgIpc) is 2.90. The molecule has 2 saturated carbocycles. The Kier molecular flexibility index (Phi) is 3.55. The van der Waals surface area contributed by atoms with Gasteiger partial charge in [0, 0.05) is 18.5 Å². The monoisotopic (exact) mass is 309 g/mol. The smallest absolute Gasteiger partial charge is 0.132 e. The zero-order chi connectivity index (χ0) is 12.5. The number of fused-ring (bicyclic) bond motifs is 2. The highest BCUT2D eigenvalue weighted by molar-refractivity contribution is 9.10. The fraction of sp³-hybridized carbons (Fsp3) is 0.714. The van der Waals surface area contributed by atoms with Crippen LogP contribution in [0.5, 0.6) is 0 Å². The first-order chi connectivity index (χ1) is 8.74. The van der Waals surface area contributed by atoms with Gasteiger partial charge in [-0.1, -0.05) is 13.3 Å². The van der Waals surface area contributed by atoms with Gasteiger partial charge in [0.25, 0.3) is 0 Å². The number of nitrogens with one attached hydrogen (secondary N) is 1. The lowest BCUT2D eigenvalue weighted by molar-refractivity contribution is 0.438. The highest BCUT2D eigenvalue weighted by Gasteiger charge is 2.39. The molecule has 3 nitrogen and oxygen atoms in total. The number of halogens is 1. The van der Waals surface area contributed by atoms with Gasteiger partial charge >= 0.3 is 0 Å². The number of aromatic nitrogens is 2. The lowest BCUT2D eigenvalue weighted by Crippen LogP contribution is -2.26. The van der Waals surface area contributed by atoms with E-state index in [2.05, 4.69) is 38.1 Å². The van der Waals surface area contributed by atoms with Crippen molar-refractivity contribution in [2.75, 3.05) is 5.32 Å². The summed E-state index contributed by atoms with van der Waals surface area (Å²) in [5.41, 5.74) is 0. The standard InChI is InChI=1S/C14H20BrN3/c1-2-3-13-17-12(15)8-14(18-13)16-11-7-9-4-5-10(11)6-9/h8-11H,2-7H2,1H3,(H,16,17,18). The van der Waals surface area contributed by atoms with Crippen molar-refractivity contribution < 1.29 is 0 Å². The Morgan fingerprint density at radius 2 is 2.22 bits per heavy atom. The van der Waals surface area contributed by atoms with Crippen molar-refractivity contribution in [1.82, 2.24) is 9.97 Å². The van der Waals surface area contributed by atoms with Crippen LogP contribution in [0.3, 0.4) is 0 Å². The zero-order valence-electron chi connectivity index (χ0n) is 10.8. The molecule has 0 spiro atoms. The number of aryl methyl sites for hydroxylation is 1. The van der Waals surface area contributed by atoms with Gasteiger partial charge in [0.2, 0.25) is 0 Å². The van der Waals surface area contributed by atoms with Gasteiger partial charge < -0.3 is 5.32 Å². The summed E-state index contributed by atoms with van der Waals surface area (Å²) in [6.45, 7) is 2.16. The van der Waals surface area contributed by atoms with Crippen molar-refractivity contribution in [2.45, 2.75) is 51.5 Å². The van der Waals surface area contributed by atoms with E-state index in [1.807, 2.05) is 6.07 Å². The number of anilines is 1. The number of nitrogens with zero attached hydrogens (tertiary/aromatic N) is 2. The molecule has 1 heterocycles. The van der Waals surface area contributed by atoms with E-state index in [0.29, 0.717) is 6.04 Å². The van der Waals surface area contributed by atoms with Crippen LogP contribution in [0.1, 0.15) is 44.9 Å². The molecule has 0 aromatic carbocycles. The van der Waals surface area contributed by atoms with Crippen LogP contribution in [0.25, 0.3) is 0 Å². The maximum atomic E-state index is 4.62. The van der Waals surface area contributed by atoms with E-state index in [1.165, 1.54) is 25.7 Å². The van der Waals surface area contributed by atoms with E-state index in [-0.39, 0.29) is 0 Å². The number of rotatable bonds is 4. The highest BCUT2D eigenvalue weighted by atomic mass is 79.9. The van der Waals surface area contributed by atoms with Gasteiger partial charge in [0.1, 0.15) is 16.2 Å². The lowest BCUT2D eigenvalue weighted by Gasteiger charge is -2.23. The molecule has 0 saturated heterocycles. The lowest BCUT2D eigenvalue weighted by atomic mass is 9.95. The zero-order valence-corrected chi connectivity index (χ0v) is 12.4. The minimum atomic E-state index is 0.639. The SMILES string of the molecule is CCCc1nc(Br)cc(NC2CC3CCC2C3)n1. The Hall–Kier alpha value is -0.640. The third kappa shape index (κ3) is 2.53. The molecule has 2 fully saturated rings. The molecule has 0 radical (unpaired) electrons. The van der Waals surface area contributed by atoms with E-state index in [1.54, 1.807) is 0 Å². The molecule has 3 atom stereocenters. The third-order valence-corrected chi connectivity index (χ3v) is 4.69. The maximum Gasteiger partial charge on any atom is 0.132 e. The first-order valence-electron chi connectivity index (χ1n) is 7.04. The van der Waals surface area contributed by atoms with Crippen molar-refractivity contribution in [1.29, 1.82) is 0 Å². The molecule has 3 unspecified atom stereocenters. The Morgan fingerprint density at radius 1 is 1.33 bits per heavy atom. The molecule has 2 aliphatic rings. The summed E-state index contributed by atoms with van der Waals surface area (Å²) in [5.74, 6) is 3.78. The van der Waals surface area contributed by atoms with Crippen molar-refractivity contribution in [2.24, 2.45) is 11.8 Å². The summed E-state index contributed by atoms with van der Waals surface area (Å²) in [7, 11) is 0. The summed E-state index contributed by atoms with van der Waals surface area (Å²) in [5, 5.41) is 3.63. The molecule has 2 bridgehead atoms. The van der Waals surface area contributed by atoms with Gasteiger partial charge in [0.15, 0.2) is 0 Å². The summed E-state index contributed by atoms with van der Waals surface area (Å²) in [4.78, 5) is 9.03. The quantitative estimate of drug-likeness (QED) is 0.860. The minimum Gasteiger partial charge on any atom is -0.367 e. The Morgan fingerprint density at radius 3 is 2.89 bits per heavy atom. The maximum absolute atomic E-state index is 4.62. The van der Waals surface area contributed by atoms with Crippen molar-refractivity contribution in [3.63, 3.8) is 0 Å². The molecule has 18 heavy (non-hydrogen) atoms. The molecule has 2 aliphatic carbocycles. The van der Waals surface area contributed by atoms with Gasteiger partial charge in [-0.05, 0) is 53.4 Å². The second-order valence-corrected chi connectivity index (χ2v) is 6.48. The molecule has 1 aromatic rings. The predicted octanol–water partition coefficient (Wildman–Crippen LogP) is 3.79. The van der Waals surface area contributed by atoms with Gasteiger partial charge in [-0.3, -0.25) is 0 Å². The third-order valence-electron chi connectivity index (χ3n) is 4.29. The molecule has 0 aliphatic heterocycles. The van der Waals surface area contributed by atoms with E-state index in [0.717, 1.165) is 40.9 Å². The van der Waals surface area contributed by atoms with Crippen molar-refractivity contribution in [3.05, 3.63) is 16.5 Å². The normalized spacial score (nSPS) is 29.8. The van der Waals surface area contributed by atoms with E-state index in [4.69, 9.17) is 0 Å². The van der Waals surface area contributed by atoms with Gasteiger partial charge in [-0.15, -0.1) is 0 Å². The summed E-state index contributed by atoms with van der Waals surface area (Å²) in [6, 6.07) is 2.64. The molecule has 1 aromatic heterocycles. The summed E-state index contributed by atoms with van der Waals surface area (Å²) in [6.07, 6.45) is 7.63. The molecule has 1 N–H and O–H groups in total. The number of hydrogen-bond donors (Lipinski definition) is 1. The van der Waals surface area contributed by atoms with Crippen LogP contribution < -0.4 is 5.32 Å². The van der Waals surface area contributed by atoms with Crippen LogP contribution >= 0.6 is 15.9 Å². The van der Waals surface area contributed by atoms with E-state index in [9.17, 15) is 0 Å². The van der Waals surface area contributed by atoms with Gasteiger partial charge in [-0.25, -0.2) is 9.97 Å². The second-order valence-electron chi connectivity index (χ2n) is 5.67. The average molecular weight is 310 g/mol. The minimum absolute atomic E-state index is 0.639. The highest BCUT2D eigenvalue weighted by Crippen LogP contribution is 2.45. The topological polar surface area (TPSA) is 37.8 Å². The van der Waals surface area contributed by atoms with Crippen LogP contribution in [0.2, 0.25) is 0 Å². The fourth-order valence-electron chi connectivity index (χ4n) is 3.49. The van der Waals surface area contributed by atoms with Crippen molar-refractivity contribution in [3.8, 4) is 0 Å². The first kappa shape index (κ1) is 12.4. The largest absolute Gasteiger partial charge is 0.367 e. The molecular weight excluding hydrogens is 290 g/mol. The van der Waals surface area contributed by atoms with Crippen LogP contribution in [-0.2, 0) is 6.42 Å². The van der Waals surface area contributed by atoms with Gasteiger partial charge in [-0.2, -0.15) is 0 Å². The molecular formula is C14H20BrN3. The van der Waals surface area contributed by atoms with Crippen LogP contribution in [-0.4, -0.2) is 16.0 Å². The van der Waals surface area contributed by atoms with E-state index < -0.39 is 0 Å². The first-order valence-corrected chi connectivity index (χ1v) is 7.84. The van der Waals surface area contributed by atoms with Crippen LogP contribution in [0, 0.1) is 11.8 Å². The Balaban J connectivity index is 1.72. The number of hydrogen-bond acceptors (Lipinski definition) is 3. The fourth-order valence-corrected chi connectivity index (χ4v) is 3.91. The van der Waals surface area contributed by atoms with Crippen LogP contribution in [0.4, 0.5) is 5.82 Å². The van der Waals surface area contributed by atoms with Gasteiger partial charge in [0.05, 0.1) is 0 Å². The second kappa shape index (κ2) is 5.16. The van der Waals surface area contributed by atoms with E-state index >= 15 is 0 Å². The predicted molar refractivity (Wildman–Crippen MR) is 76.6 cm³/mol. The molecule has 4 heteroatoms. The summed E-state index contributed by atoms with van der Waals surface area (Å²) < 4.78 is 0.895. The van der Waals surface area contributed by atoms with Crippen LogP contribution in [0.15, 0.2) is 10.7 Å².